The maximum absolute atomic E-state index is 3.87. The van der Waals surface area contributed by atoms with Gasteiger partial charge in [-0.1, -0.05) is 6.08 Å². The summed E-state index contributed by atoms with van der Waals surface area (Å²) in [6.45, 7) is 9.18. The summed E-state index contributed by atoms with van der Waals surface area (Å²) in [5.41, 5.74) is 0. The molecule has 10 heavy (non-hydrogen) atoms. The van der Waals surface area contributed by atoms with Crippen molar-refractivity contribution in [3.63, 3.8) is 0 Å². The van der Waals surface area contributed by atoms with Crippen molar-refractivity contribution in [2.45, 2.75) is 0 Å². The lowest BCUT2D eigenvalue weighted by atomic mass is 10.3. The van der Waals surface area contributed by atoms with Crippen LogP contribution in [0.1, 0.15) is 0 Å². The molecule has 1 aliphatic heterocycles. The number of nitrogens with zero attached hydrogens (tertiary/aromatic N) is 2. The molecule has 0 aromatic rings. The lowest BCUT2D eigenvalue weighted by molar-refractivity contribution is 0.180. The standard InChI is InChI=1S/C8H15N2/c1-3-4-10-7-5-9(2)6-8-10/h3H,1-2,4-8H2. The third-order valence-corrected chi connectivity index (χ3v) is 1.85. The van der Waals surface area contributed by atoms with Gasteiger partial charge < -0.3 is 0 Å². The van der Waals surface area contributed by atoms with Crippen LogP contribution in [0.5, 0.6) is 0 Å². The maximum atomic E-state index is 3.87. The van der Waals surface area contributed by atoms with E-state index in [0.29, 0.717) is 0 Å². The van der Waals surface area contributed by atoms with Gasteiger partial charge in [0.25, 0.3) is 0 Å². The summed E-state index contributed by atoms with van der Waals surface area (Å²) in [4.78, 5) is 4.49. The van der Waals surface area contributed by atoms with Crippen molar-refractivity contribution in [1.82, 2.24) is 9.80 Å². The number of rotatable bonds is 2. The highest BCUT2D eigenvalue weighted by molar-refractivity contribution is 4.78. The Morgan fingerprint density at radius 2 is 1.80 bits per heavy atom. The van der Waals surface area contributed by atoms with E-state index in [4.69, 9.17) is 0 Å². The van der Waals surface area contributed by atoms with Crippen molar-refractivity contribution >= 4 is 0 Å². The highest BCUT2D eigenvalue weighted by Gasteiger charge is 2.11. The van der Waals surface area contributed by atoms with Gasteiger partial charge in [-0.2, -0.15) is 0 Å². The Morgan fingerprint density at radius 1 is 1.20 bits per heavy atom. The summed E-state index contributed by atoms with van der Waals surface area (Å²) in [5, 5.41) is 0. The predicted octanol–water partition coefficient (Wildman–Crippen LogP) is 0.582. The molecule has 0 aromatic heterocycles. The summed E-state index contributed by atoms with van der Waals surface area (Å²) >= 11 is 0. The minimum atomic E-state index is 1.02. The molecule has 0 unspecified atom stereocenters. The van der Waals surface area contributed by atoms with Crippen LogP contribution in [0.25, 0.3) is 0 Å². The van der Waals surface area contributed by atoms with Crippen LogP contribution >= 0.6 is 0 Å². The van der Waals surface area contributed by atoms with Gasteiger partial charge in [0.1, 0.15) is 0 Å². The smallest absolute Gasteiger partial charge is 0.0161 e. The molecule has 0 spiro atoms. The van der Waals surface area contributed by atoms with E-state index in [1.165, 1.54) is 0 Å². The quantitative estimate of drug-likeness (QED) is 0.516. The first-order valence-corrected chi connectivity index (χ1v) is 3.71. The number of piperazine rings is 1. The van der Waals surface area contributed by atoms with E-state index in [0.717, 1.165) is 32.7 Å². The normalized spacial score (nSPS) is 22.9. The summed E-state index contributed by atoms with van der Waals surface area (Å²) in [6, 6.07) is 0. The second kappa shape index (κ2) is 3.74. The minimum Gasteiger partial charge on any atom is -0.300 e. The minimum absolute atomic E-state index is 1.02. The molecule has 57 valence electrons. The molecule has 0 aliphatic carbocycles. The molecule has 0 aromatic carbocycles. The van der Waals surface area contributed by atoms with Gasteiger partial charge in [-0.25, -0.2) is 0 Å². The van der Waals surface area contributed by atoms with Crippen molar-refractivity contribution in [2.75, 3.05) is 32.7 Å². The maximum Gasteiger partial charge on any atom is 0.0161 e. The Morgan fingerprint density at radius 3 is 2.30 bits per heavy atom. The van der Waals surface area contributed by atoms with Gasteiger partial charge in [0.2, 0.25) is 0 Å². The fraction of sp³-hybridized carbons (Fsp3) is 0.625. The zero-order valence-corrected chi connectivity index (χ0v) is 6.42. The lowest BCUT2D eigenvalue weighted by Gasteiger charge is -2.31. The van der Waals surface area contributed by atoms with Gasteiger partial charge in [-0.15, -0.1) is 6.58 Å². The first-order valence-electron chi connectivity index (χ1n) is 3.71. The molecule has 0 amide bonds. The molecule has 0 bridgehead atoms. The molecule has 2 nitrogen and oxygen atoms in total. The van der Waals surface area contributed by atoms with Crippen molar-refractivity contribution in [2.24, 2.45) is 0 Å². The van der Waals surface area contributed by atoms with Crippen molar-refractivity contribution in [3.8, 4) is 0 Å². The Bertz CT molecular complexity index is 104. The van der Waals surface area contributed by atoms with Crippen molar-refractivity contribution in [1.29, 1.82) is 0 Å². The van der Waals surface area contributed by atoms with Crippen LogP contribution in [0.15, 0.2) is 12.7 Å². The molecule has 0 saturated carbocycles. The lowest BCUT2D eigenvalue weighted by Crippen LogP contribution is -2.43. The molecule has 1 aliphatic rings. The zero-order valence-electron chi connectivity index (χ0n) is 6.42. The number of hydrogen-bond donors (Lipinski definition) is 0. The van der Waals surface area contributed by atoms with Crippen molar-refractivity contribution in [3.05, 3.63) is 19.7 Å². The van der Waals surface area contributed by atoms with Gasteiger partial charge in [0, 0.05) is 39.8 Å². The van der Waals surface area contributed by atoms with E-state index in [9.17, 15) is 0 Å². The van der Waals surface area contributed by atoms with Crippen LogP contribution in [-0.4, -0.2) is 42.5 Å². The average Bonchev–Trinajstić information content (AvgIpc) is 1.95. The summed E-state index contributed by atoms with van der Waals surface area (Å²) in [6.07, 6.45) is 1.96. The molecular formula is C8H15N2. The van der Waals surface area contributed by atoms with Crippen LogP contribution in [0.4, 0.5) is 0 Å². The molecule has 1 fully saturated rings. The Kier molecular flexibility index (Phi) is 2.90. The molecule has 1 rings (SSSR count). The molecule has 0 N–H and O–H groups in total. The fourth-order valence-corrected chi connectivity index (χ4v) is 1.15. The SMILES string of the molecule is [CH2]N1CCN(CC=C)CC1. The highest BCUT2D eigenvalue weighted by Crippen LogP contribution is 1.98. The molecule has 1 radical (unpaired) electrons. The summed E-state index contributed by atoms with van der Waals surface area (Å²) in [5.74, 6) is 0. The van der Waals surface area contributed by atoms with E-state index in [1.54, 1.807) is 0 Å². The highest BCUT2D eigenvalue weighted by atomic mass is 15.2. The third kappa shape index (κ3) is 2.12. The molecule has 1 heterocycles. The zero-order chi connectivity index (χ0) is 7.40. The number of hydrogen-bond acceptors (Lipinski definition) is 2. The van der Waals surface area contributed by atoms with E-state index in [1.807, 2.05) is 6.08 Å². The Labute approximate surface area is 63.1 Å². The van der Waals surface area contributed by atoms with Crippen LogP contribution < -0.4 is 0 Å². The molecular weight excluding hydrogens is 124 g/mol. The second-order valence-electron chi connectivity index (χ2n) is 2.71. The van der Waals surface area contributed by atoms with Gasteiger partial charge in [-0.3, -0.25) is 9.80 Å². The fourth-order valence-electron chi connectivity index (χ4n) is 1.15. The first kappa shape index (κ1) is 7.76. The third-order valence-electron chi connectivity index (χ3n) is 1.85. The topological polar surface area (TPSA) is 6.48 Å². The van der Waals surface area contributed by atoms with E-state index in [-0.39, 0.29) is 0 Å². The monoisotopic (exact) mass is 139 g/mol. The average molecular weight is 139 g/mol. The van der Waals surface area contributed by atoms with E-state index >= 15 is 0 Å². The van der Waals surface area contributed by atoms with Crippen molar-refractivity contribution < 1.29 is 0 Å². The Hall–Kier alpha value is -0.340. The van der Waals surface area contributed by atoms with Crippen LogP contribution in [0, 0.1) is 7.05 Å². The van der Waals surface area contributed by atoms with Gasteiger partial charge >= 0.3 is 0 Å². The predicted molar refractivity (Wildman–Crippen MR) is 43.6 cm³/mol. The van der Waals surface area contributed by atoms with Crippen LogP contribution in [-0.2, 0) is 0 Å². The summed E-state index contributed by atoms with van der Waals surface area (Å²) in [7, 11) is 3.87. The van der Waals surface area contributed by atoms with Gasteiger partial charge in [0.05, 0.1) is 0 Å². The van der Waals surface area contributed by atoms with E-state index < -0.39 is 0 Å². The van der Waals surface area contributed by atoms with Crippen LogP contribution in [0.2, 0.25) is 0 Å². The van der Waals surface area contributed by atoms with Gasteiger partial charge in [0.15, 0.2) is 0 Å². The largest absolute Gasteiger partial charge is 0.300 e. The van der Waals surface area contributed by atoms with E-state index in [2.05, 4.69) is 23.4 Å². The molecule has 1 saturated heterocycles. The molecule has 0 atom stereocenters. The Balaban J connectivity index is 2.19. The first-order chi connectivity index (χ1) is 4.83. The molecule has 2 heteroatoms. The van der Waals surface area contributed by atoms with Crippen LogP contribution in [0.3, 0.4) is 0 Å². The summed E-state index contributed by atoms with van der Waals surface area (Å²) < 4.78 is 0. The second-order valence-corrected chi connectivity index (χ2v) is 2.71. The van der Waals surface area contributed by atoms with Gasteiger partial charge in [-0.05, 0) is 0 Å².